The highest BCUT2D eigenvalue weighted by Crippen LogP contribution is 2.66. The van der Waals surface area contributed by atoms with Gasteiger partial charge in [-0.1, -0.05) is 84.1 Å². The minimum absolute atomic E-state index is 0. The summed E-state index contributed by atoms with van der Waals surface area (Å²) in [6.45, 7) is 15.1. The molecule has 4 aliphatic rings. The van der Waals surface area contributed by atoms with E-state index in [9.17, 15) is 0 Å². The van der Waals surface area contributed by atoms with Gasteiger partial charge in [0.1, 0.15) is 0 Å². The van der Waals surface area contributed by atoms with E-state index in [0.29, 0.717) is 10.8 Å². The lowest BCUT2D eigenvalue weighted by molar-refractivity contribution is 0.0447. The quantitative estimate of drug-likeness (QED) is 0.444. The number of rotatable bonds is 5. The lowest BCUT2D eigenvalue weighted by Crippen LogP contribution is -2.46. The summed E-state index contributed by atoms with van der Waals surface area (Å²) in [5.41, 5.74) is 4.73. The van der Waals surface area contributed by atoms with Crippen LogP contribution in [0.2, 0.25) is 0 Å². The second kappa shape index (κ2) is 7.63. The van der Waals surface area contributed by atoms with Crippen molar-refractivity contribution in [3.63, 3.8) is 0 Å². The monoisotopic (exact) mass is 384 g/mol. The molecule has 4 aliphatic carbocycles. The minimum Gasteiger partial charge on any atom is -0.0634 e. The first kappa shape index (κ1) is 20.7. The molecule has 0 spiro atoms. The molecule has 28 heavy (non-hydrogen) atoms. The van der Waals surface area contributed by atoms with Crippen LogP contribution in [0.4, 0.5) is 0 Å². The molecule has 0 aliphatic heterocycles. The number of hydrogen-bond acceptors (Lipinski definition) is 0. The Morgan fingerprint density at radius 2 is 1.75 bits per heavy atom. The zero-order chi connectivity index (χ0) is 20.1. The molecule has 0 amide bonds. The van der Waals surface area contributed by atoms with Crippen molar-refractivity contribution in [3.8, 4) is 0 Å². The maximum atomic E-state index is 2.69. The van der Waals surface area contributed by atoms with Crippen LogP contribution in [0.3, 0.4) is 0 Å². The van der Waals surface area contributed by atoms with Gasteiger partial charge in [-0.15, -0.1) is 0 Å². The lowest BCUT2D eigenvalue weighted by Gasteiger charge is -2.55. The van der Waals surface area contributed by atoms with Crippen LogP contribution in [0.25, 0.3) is 0 Å². The summed E-state index contributed by atoms with van der Waals surface area (Å²) in [6, 6.07) is 0. The third-order valence-corrected chi connectivity index (χ3v) is 10.0. The van der Waals surface area contributed by atoms with Gasteiger partial charge in [0.25, 0.3) is 0 Å². The zero-order valence-electron chi connectivity index (χ0n) is 19.7. The standard InChI is InChI=1S/C28H46.H2/c1-19(2)8-7-9-21(4)24-12-13-25-23-11-10-22-18-20(3)14-16-27(22,5)26(23)15-17-28(24,25)6;/h10-11,19-21,24-26H,7-9,12-18H2,1-6H3;1H/t20-,21+,24?,25-,26?,27-,28+;/m0./s1. The van der Waals surface area contributed by atoms with E-state index in [1.165, 1.54) is 64.2 Å². The number of hydrogen-bond donors (Lipinski definition) is 0. The van der Waals surface area contributed by atoms with E-state index in [0.717, 1.165) is 35.5 Å². The zero-order valence-corrected chi connectivity index (χ0v) is 19.7. The van der Waals surface area contributed by atoms with Gasteiger partial charge in [-0.3, -0.25) is 0 Å². The summed E-state index contributed by atoms with van der Waals surface area (Å²) in [6.07, 6.45) is 19.6. The molecule has 3 fully saturated rings. The molecule has 7 atom stereocenters. The van der Waals surface area contributed by atoms with Crippen molar-refractivity contribution in [3.05, 3.63) is 23.3 Å². The fourth-order valence-corrected chi connectivity index (χ4v) is 8.21. The van der Waals surface area contributed by atoms with Gasteiger partial charge >= 0.3 is 0 Å². The molecule has 2 unspecified atom stereocenters. The van der Waals surface area contributed by atoms with Crippen LogP contribution in [0.1, 0.15) is 107 Å². The third-order valence-electron chi connectivity index (χ3n) is 10.0. The van der Waals surface area contributed by atoms with Crippen molar-refractivity contribution >= 4 is 0 Å². The van der Waals surface area contributed by atoms with Gasteiger partial charge in [0.05, 0.1) is 0 Å². The Kier molecular flexibility index (Phi) is 5.65. The van der Waals surface area contributed by atoms with E-state index in [-0.39, 0.29) is 1.43 Å². The van der Waals surface area contributed by atoms with E-state index in [2.05, 4.69) is 53.7 Å². The molecule has 0 bridgehead atoms. The van der Waals surface area contributed by atoms with Crippen molar-refractivity contribution in [1.29, 1.82) is 0 Å². The van der Waals surface area contributed by atoms with Crippen LogP contribution in [0, 0.1) is 46.3 Å². The molecule has 0 aromatic heterocycles. The predicted octanol–water partition coefficient (Wildman–Crippen LogP) is 8.83. The van der Waals surface area contributed by atoms with Crippen LogP contribution in [-0.4, -0.2) is 0 Å². The fourth-order valence-electron chi connectivity index (χ4n) is 8.21. The number of allylic oxidation sites excluding steroid dienone is 4. The highest BCUT2D eigenvalue weighted by molar-refractivity contribution is 5.38. The number of fused-ring (bicyclic) bond motifs is 5. The molecule has 0 nitrogen and oxygen atoms in total. The Morgan fingerprint density at radius 1 is 0.964 bits per heavy atom. The van der Waals surface area contributed by atoms with E-state index in [1.807, 2.05) is 5.57 Å². The van der Waals surface area contributed by atoms with Gasteiger partial charge < -0.3 is 0 Å². The summed E-state index contributed by atoms with van der Waals surface area (Å²) >= 11 is 0. The van der Waals surface area contributed by atoms with Crippen LogP contribution >= 0.6 is 0 Å². The normalized spacial score (nSPS) is 43.7. The Morgan fingerprint density at radius 3 is 2.50 bits per heavy atom. The first-order valence-electron chi connectivity index (χ1n) is 12.7. The average Bonchev–Trinajstić information content (AvgIpc) is 2.99. The average molecular weight is 385 g/mol. The predicted molar refractivity (Wildman–Crippen MR) is 124 cm³/mol. The van der Waals surface area contributed by atoms with Crippen LogP contribution < -0.4 is 0 Å². The first-order valence-corrected chi connectivity index (χ1v) is 12.7. The molecule has 0 N–H and O–H groups in total. The summed E-state index contributed by atoms with van der Waals surface area (Å²) in [5, 5.41) is 0. The molecular formula is C28H48. The van der Waals surface area contributed by atoms with Gasteiger partial charge in [-0.2, -0.15) is 0 Å². The Balaban J connectivity index is 0.00000240. The maximum Gasteiger partial charge on any atom is 0 e. The molecule has 3 saturated carbocycles. The van der Waals surface area contributed by atoms with Gasteiger partial charge in [0.2, 0.25) is 0 Å². The smallest absolute Gasteiger partial charge is 0 e. The minimum atomic E-state index is 0. The molecule has 0 heteroatoms. The van der Waals surface area contributed by atoms with Gasteiger partial charge in [0.15, 0.2) is 0 Å². The fraction of sp³-hybridized carbons (Fsp3) is 0.857. The van der Waals surface area contributed by atoms with Crippen molar-refractivity contribution in [2.75, 3.05) is 0 Å². The first-order chi connectivity index (χ1) is 13.3. The summed E-state index contributed by atoms with van der Waals surface area (Å²) in [5.74, 6) is 5.35. The largest absolute Gasteiger partial charge is 0.0634 e. The summed E-state index contributed by atoms with van der Waals surface area (Å²) in [7, 11) is 0. The molecule has 0 saturated heterocycles. The SMILES string of the molecule is CC(C)CCC[C@@H](C)C1CC[C@H]2C3=CC=C4C[C@@H](C)CC[C@]4(C)C3CC[C@]12C.[HH]. The topological polar surface area (TPSA) is 0 Å². The molecule has 0 aromatic rings. The molecule has 0 heterocycles. The van der Waals surface area contributed by atoms with Crippen LogP contribution in [-0.2, 0) is 0 Å². The highest BCUT2D eigenvalue weighted by atomic mass is 14.6. The van der Waals surface area contributed by atoms with E-state index in [1.54, 1.807) is 5.57 Å². The maximum absolute atomic E-state index is 2.69. The highest BCUT2D eigenvalue weighted by Gasteiger charge is 2.56. The van der Waals surface area contributed by atoms with Crippen molar-refractivity contribution in [2.45, 2.75) is 106 Å². The Bertz CT molecular complexity index is 643. The third kappa shape index (κ3) is 3.35. The van der Waals surface area contributed by atoms with E-state index >= 15 is 0 Å². The van der Waals surface area contributed by atoms with Crippen molar-refractivity contribution in [2.24, 2.45) is 46.3 Å². The molecular weight excluding hydrogens is 336 g/mol. The van der Waals surface area contributed by atoms with Gasteiger partial charge in [0, 0.05) is 1.43 Å². The Hall–Kier alpha value is -0.520. The van der Waals surface area contributed by atoms with E-state index in [4.69, 9.17) is 0 Å². The van der Waals surface area contributed by atoms with Crippen LogP contribution in [0.15, 0.2) is 23.3 Å². The van der Waals surface area contributed by atoms with E-state index < -0.39 is 0 Å². The Labute approximate surface area is 177 Å². The molecule has 4 rings (SSSR count). The van der Waals surface area contributed by atoms with Crippen molar-refractivity contribution < 1.29 is 1.43 Å². The molecule has 0 radical (unpaired) electrons. The van der Waals surface area contributed by atoms with Crippen molar-refractivity contribution in [1.82, 2.24) is 0 Å². The second-order valence-corrected chi connectivity index (χ2v) is 12.3. The summed E-state index contributed by atoms with van der Waals surface area (Å²) < 4.78 is 0. The van der Waals surface area contributed by atoms with Crippen LogP contribution in [0.5, 0.6) is 0 Å². The molecule has 0 aromatic carbocycles. The van der Waals surface area contributed by atoms with Gasteiger partial charge in [-0.05, 0) is 91.3 Å². The molecule has 160 valence electrons. The second-order valence-electron chi connectivity index (χ2n) is 12.3. The summed E-state index contributed by atoms with van der Waals surface area (Å²) in [4.78, 5) is 0. The van der Waals surface area contributed by atoms with Gasteiger partial charge in [-0.25, -0.2) is 0 Å². The lowest BCUT2D eigenvalue weighted by atomic mass is 9.49.